The van der Waals surface area contributed by atoms with E-state index in [0.717, 1.165) is 43.2 Å². The van der Waals surface area contributed by atoms with Crippen LogP contribution in [-0.4, -0.2) is 50.0 Å². The van der Waals surface area contributed by atoms with Crippen LogP contribution in [0, 0.1) is 23.5 Å². The quantitative estimate of drug-likeness (QED) is 0.593. The number of pyridine rings is 1. The van der Waals surface area contributed by atoms with Crippen molar-refractivity contribution >= 4 is 17.2 Å². The van der Waals surface area contributed by atoms with E-state index in [0.29, 0.717) is 23.4 Å². The largest absolute Gasteiger partial charge is 0.502 e. The number of rotatable bonds is 4. The number of amides is 1. The maximum Gasteiger partial charge on any atom is 0.278 e. The van der Waals surface area contributed by atoms with Crippen LogP contribution >= 0.6 is 11.3 Å². The molecule has 1 aliphatic carbocycles. The average Bonchev–Trinajstić information content (AvgIpc) is 3.45. The van der Waals surface area contributed by atoms with Gasteiger partial charge in [0.15, 0.2) is 16.5 Å². The number of aromatic nitrogens is 3. The van der Waals surface area contributed by atoms with E-state index < -0.39 is 22.8 Å². The Kier molecular flexibility index (Phi) is 5.13. The molecule has 182 valence electrons. The first-order valence-electron chi connectivity index (χ1n) is 11.7. The highest BCUT2D eigenvalue weighted by Crippen LogP contribution is 2.43. The van der Waals surface area contributed by atoms with E-state index in [4.69, 9.17) is 0 Å². The Morgan fingerprint density at radius 3 is 2.80 bits per heavy atom. The standard InChI is InChI=1S/C24H23F2N5O3S/c1-2-29-23-14-4-3-12(7-14)10-31(23)30-11-16(20(32)21(33)19(30)24(29)34)22-28-27-18(35-22)8-13-5-6-15(25)9-17(13)26/h5-6,9,11-12,14,23,33H,2-4,7-8,10H2,1H3/t12-,14+,23+/m1/s1. The van der Waals surface area contributed by atoms with Gasteiger partial charge in [-0.05, 0) is 49.7 Å². The maximum absolute atomic E-state index is 14.1. The normalized spacial score (nSPS) is 22.9. The molecular formula is C24H23F2N5O3S. The third-order valence-electron chi connectivity index (χ3n) is 7.37. The number of nitrogens with zero attached hydrogens (tertiary/aromatic N) is 5. The highest BCUT2D eigenvalue weighted by molar-refractivity contribution is 7.14. The van der Waals surface area contributed by atoms with Crippen molar-refractivity contribution in [3.63, 3.8) is 0 Å². The third-order valence-corrected chi connectivity index (χ3v) is 8.33. The Morgan fingerprint density at radius 1 is 1.20 bits per heavy atom. The van der Waals surface area contributed by atoms with Gasteiger partial charge in [-0.15, -0.1) is 10.2 Å². The molecule has 35 heavy (non-hydrogen) atoms. The number of piperidine rings is 1. The van der Waals surface area contributed by atoms with Gasteiger partial charge in [0.2, 0.25) is 5.43 Å². The smallest absolute Gasteiger partial charge is 0.278 e. The number of fused-ring (bicyclic) bond motifs is 6. The van der Waals surface area contributed by atoms with E-state index in [1.54, 1.807) is 15.8 Å². The Balaban J connectivity index is 1.41. The van der Waals surface area contributed by atoms with Gasteiger partial charge in [0.1, 0.15) is 22.8 Å². The molecule has 0 radical (unpaired) electrons. The zero-order valence-electron chi connectivity index (χ0n) is 18.9. The lowest BCUT2D eigenvalue weighted by molar-refractivity contribution is 0.0426. The minimum atomic E-state index is -0.699. The van der Waals surface area contributed by atoms with Gasteiger partial charge in [0.05, 0.1) is 5.56 Å². The first-order chi connectivity index (χ1) is 16.9. The molecule has 3 atom stereocenters. The van der Waals surface area contributed by atoms with Crippen LogP contribution in [0.4, 0.5) is 8.78 Å². The van der Waals surface area contributed by atoms with Crippen LogP contribution in [0.2, 0.25) is 0 Å². The van der Waals surface area contributed by atoms with Crippen LogP contribution in [-0.2, 0) is 6.42 Å². The summed E-state index contributed by atoms with van der Waals surface area (Å²) in [5.41, 5.74) is -0.342. The van der Waals surface area contributed by atoms with E-state index in [1.165, 1.54) is 12.1 Å². The summed E-state index contributed by atoms with van der Waals surface area (Å²) in [4.78, 5) is 28.2. The molecule has 0 spiro atoms. The number of hydrogen-bond acceptors (Lipinski definition) is 7. The van der Waals surface area contributed by atoms with Crippen molar-refractivity contribution in [3.05, 3.63) is 62.5 Å². The molecule has 3 aliphatic rings. The molecule has 0 unspecified atom stereocenters. The summed E-state index contributed by atoms with van der Waals surface area (Å²) in [6.07, 6.45) is 4.74. The van der Waals surface area contributed by atoms with Crippen LogP contribution < -0.4 is 10.4 Å². The molecule has 1 saturated carbocycles. The van der Waals surface area contributed by atoms with E-state index in [2.05, 4.69) is 15.2 Å². The highest BCUT2D eigenvalue weighted by Gasteiger charge is 2.49. The monoisotopic (exact) mass is 499 g/mol. The van der Waals surface area contributed by atoms with Crippen molar-refractivity contribution in [2.45, 2.75) is 38.8 Å². The van der Waals surface area contributed by atoms with Crippen LogP contribution in [0.15, 0.2) is 29.2 Å². The summed E-state index contributed by atoms with van der Waals surface area (Å²) < 4.78 is 28.9. The first kappa shape index (κ1) is 22.1. The summed E-state index contributed by atoms with van der Waals surface area (Å²) in [7, 11) is 0. The van der Waals surface area contributed by atoms with Crippen LogP contribution in [0.1, 0.15) is 47.2 Å². The van der Waals surface area contributed by atoms with Gasteiger partial charge in [-0.3, -0.25) is 19.3 Å². The molecule has 4 heterocycles. The van der Waals surface area contributed by atoms with Crippen molar-refractivity contribution in [1.82, 2.24) is 19.8 Å². The minimum Gasteiger partial charge on any atom is -0.502 e. The Bertz CT molecular complexity index is 1410. The number of aromatic hydroxyl groups is 1. The fraction of sp³-hybridized carbons (Fsp3) is 0.417. The lowest BCUT2D eigenvalue weighted by atomic mass is 9.94. The minimum absolute atomic E-state index is 0.0312. The molecular weight excluding hydrogens is 476 g/mol. The predicted octanol–water partition coefficient (Wildman–Crippen LogP) is 3.11. The van der Waals surface area contributed by atoms with Crippen molar-refractivity contribution in [1.29, 1.82) is 0 Å². The van der Waals surface area contributed by atoms with Gasteiger partial charge >= 0.3 is 0 Å². The summed E-state index contributed by atoms with van der Waals surface area (Å²) in [5.74, 6) is -1.47. The zero-order chi connectivity index (χ0) is 24.4. The number of benzene rings is 1. The molecule has 2 fully saturated rings. The SMILES string of the molecule is CCN1C(=O)c2c(O)c(=O)c(-c3nnc(Cc4ccc(F)cc4F)s3)cn2N2C[C@@H]3CC[C@@H](C3)[C@@H]12. The second-order valence-electron chi connectivity index (χ2n) is 9.39. The van der Waals surface area contributed by atoms with Crippen molar-refractivity contribution in [2.75, 3.05) is 18.1 Å². The highest BCUT2D eigenvalue weighted by atomic mass is 32.1. The summed E-state index contributed by atoms with van der Waals surface area (Å²) in [6, 6.07) is 3.33. The Morgan fingerprint density at radius 2 is 2.03 bits per heavy atom. The fourth-order valence-electron chi connectivity index (χ4n) is 5.79. The lowest BCUT2D eigenvalue weighted by Gasteiger charge is -2.51. The molecule has 1 aromatic carbocycles. The maximum atomic E-state index is 14.1. The van der Waals surface area contributed by atoms with Gasteiger partial charge in [-0.2, -0.15) is 0 Å². The van der Waals surface area contributed by atoms with Gasteiger partial charge in [0, 0.05) is 31.8 Å². The van der Waals surface area contributed by atoms with E-state index in [9.17, 15) is 23.5 Å². The third kappa shape index (κ3) is 3.43. The predicted molar refractivity (Wildman–Crippen MR) is 125 cm³/mol. The number of carbonyl (C=O) groups excluding carboxylic acids is 1. The molecule has 8 nitrogen and oxygen atoms in total. The van der Waals surface area contributed by atoms with E-state index in [1.807, 2.05) is 6.92 Å². The van der Waals surface area contributed by atoms with Crippen molar-refractivity contribution in [2.24, 2.45) is 11.8 Å². The Hall–Kier alpha value is -3.34. The lowest BCUT2D eigenvalue weighted by Crippen LogP contribution is -2.65. The van der Waals surface area contributed by atoms with E-state index >= 15 is 0 Å². The van der Waals surface area contributed by atoms with Crippen LogP contribution in [0.5, 0.6) is 5.75 Å². The summed E-state index contributed by atoms with van der Waals surface area (Å²) >= 11 is 1.09. The van der Waals surface area contributed by atoms with Crippen LogP contribution in [0.25, 0.3) is 10.6 Å². The van der Waals surface area contributed by atoms with Gasteiger partial charge < -0.3 is 10.0 Å². The summed E-state index contributed by atoms with van der Waals surface area (Å²) in [5, 5.41) is 21.9. The topological polar surface area (TPSA) is 91.6 Å². The average molecular weight is 500 g/mol. The molecule has 1 saturated heterocycles. The zero-order valence-corrected chi connectivity index (χ0v) is 19.8. The second kappa shape index (κ2) is 8.11. The first-order valence-corrected chi connectivity index (χ1v) is 12.5. The van der Waals surface area contributed by atoms with Crippen molar-refractivity contribution in [3.8, 4) is 16.3 Å². The molecule has 2 bridgehead atoms. The second-order valence-corrected chi connectivity index (χ2v) is 10.5. The molecule has 1 amide bonds. The number of halogens is 2. The van der Waals surface area contributed by atoms with Gasteiger partial charge in [-0.25, -0.2) is 8.78 Å². The molecule has 1 N–H and O–H groups in total. The van der Waals surface area contributed by atoms with Gasteiger partial charge in [-0.1, -0.05) is 17.4 Å². The molecule has 2 aliphatic heterocycles. The van der Waals surface area contributed by atoms with Gasteiger partial charge in [0.25, 0.3) is 5.91 Å². The molecule has 2 aromatic heterocycles. The van der Waals surface area contributed by atoms with Crippen LogP contribution in [0.3, 0.4) is 0 Å². The number of carbonyl (C=O) groups is 1. The fourth-order valence-corrected chi connectivity index (χ4v) is 6.66. The van der Waals surface area contributed by atoms with E-state index in [-0.39, 0.29) is 40.3 Å². The molecule has 3 aromatic rings. The molecule has 6 rings (SSSR count). The molecule has 11 heteroatoms. The summed E-state index contributed by atoms with van der Waals surface area (Å²) in [6.45, 7) is 3.12. The number of hydrogen-bond donors (Lipinski definition) is 1. The Labute approximate surface area is 203 Å². The van der Waals surface area contributed by atoms with Crippen molar-refractivity contribution < 1.29 is 18.7 Å².